The molecule has 19 heavy (non-hydrogen) atoms. The summed E-state index contributed by atoms with van der Waals surface area (Å²) in [5, 5.41) is 11.9. The van der Waals surface area contributed by atoms with Gasteiger partial charge < -0.3 is 16.2 Å². The lowest BCUT2D eigenvalue weighted by Crippen LogP contribution is -2.12. The molecule has 0 atom stereocenters. The summed E-state index contributed by atoms with van der Waals surface area (Å²) in [7, 11) is 0. The van der Waals surface area contributed by atoms with E-state index in [1.807, 2.05) is 0 Å². The molecule has 0 unspecified atom stereocenters. The zero-order valence-corrected chi connectivity index (χ0v) is 12.3. The van der Waals surface area contributed by atoms with E-state index in [4.69, 9.17) is 22.4 Å². The van der Waals surface area contributed by atoms with Crippen molar-refractivity contribution >= 4 is 40.6 Å². The molecule has 0 radical (unpaired) electrons. The molecule has 1 aromatic rings. The summed E-state index contributed by atoms with van der Waals surface area (Å²) in [6, 6.07) is 5.01. The third kappa shape index (κ3) is 6.71. The number of anilines is 2. The highest BCUT2D eigenvalue weighted by Gasteiger charge is 2.05. The number of hydrogen-bond donors (Lipinski definition) is 3. The van der Waals surface area contributed by atoms with E-state index in [0.29, 0.717) is 22.8 Å². The molecule has 0 saturated carbocycles. The number of halogens is 1. The first-order valence-corrected chi connectivity index (χ1v) is 7.70. The summed E-state index contributed by atoms with van der Waals surface area (Å²) in [5.41, 5.74) is 6.82. The third-order valence-electron chi connectivity index (χ3n) is 2.43. The number of aliphatic hydroxyl groups excluding tert-OH is 1. The number of rotatable bonds is 8. The second-order valence-electron chi connectivity index (χ2n) is 4.07. The molecule has 0 bridgehead atoms. The maximum absolute atomic E-state index is 11.7. The van der Waals surface area contributed by atoms with Gasteiger partial charge in [-0.2, -0.15) is 11.8 Å². The topological polar surface area (TPSA) is 75.3 Å². The lowest BCUT2D eigenvalue weighted by molar-refractivity contribution is -0.116. The number of aliphatic hydroxyl groups is 1. The van der Waals surface area contributed by atoms with E-state index >= 15 is 0 Å². The van der Waals surface area contributed by atoms with Crippen molar-refractivity contribution in [3.63, 3.8) is 0 Å². The van der Waals surface area contributed by atoms with Gasteiger partial charge in [0.25, 0.3) is 0 Å². The first kappa shape index (κ1) is 16.1. The van der Waals surface area contributed by atoms with Gasteiger partial charge in [0.15, 0.2) is 0 Å². The van der Waals surface area contributed by atoms with Gasteiger partial charge in [-0.15, -0.1) is 0 Å². The van der Waals surface area contributed by atoms with Crippen molar-refractivity contribution in [3.05, 3.63) is 23.2 Å². The normalized spacial score (nSPS) is 10.4. The van der Waals surface area contributed by atoms with Gasteiger partial charge in [-0.3, -0.25) is 4.79 Å². The fourth-order valence-corrected chi connectivity index (χ4v) is 2.53. The Kier molecular flexibility index (Phi) is 7.70. The van der Waals surface area contributed by atoms with E-state index in [1.165, 1.54) is 0 Å². The predicted molar refractivity (Wildman–Crippen MR) is 82.8 cm³/mol. The van der Waals surface area contributed by atoms with Gasteiger partial charge in [0.1, 0.15) is 0 Å². The second kappa shape index (κ2) is 9.07. The highest BCUT2D eigenvalue weighted by molar-refractivity contribution is 7.99. The van der Waals surface area contributed by atoms with Crippen molar-refractivity contribution in [3.8, 4) is 0 Å². The van der Waals surface area contributed by atoms with Gasteiger partial charge in [0.05, 0.1) is 11.4 Å². The molecule has 0 heterocycles. The predicted octanol–water partition coefficient (Wildman–Crippen LogP) is 2.76. The van der Waals surface area contributed by atoms with Crippen molar-refractivity contribution in [2.24, 2.45) is 0 Å². The fourth-order valence-electron chi connectivity index (χ4n) is 1.46. The highest BCUT2D eigenvalue weighted by atomic mass is 35.5. The number of benzene rings is 1. The largest absolute Gasteiger partial charge is 0.397 e. The number of hydrogen-bond acceptors (Lipinski definition) is 4. The number of carbonyl (C=O) groups is 1. The molecule has 0 aliphatic rings. The molecule has 0 aliphatic heterocycles. The second-order valence-corrected chi connectivity index (χ2v) is 5.73. The Bertz CT molecular complexity index is 416. The van der Waals surface area contributed by atoms with Crippen molar-refractivity contribution < 1.29 is 9.90 Å². The van der Waals surface area contributed by atoms with Crippen molar-refractivity contribution in [1.82, 2.24) is 0 Å². The Morgan fingerprint density at radius 2 is 2.11 bits per heavy atom. The number of nitrogens with one attached hydrogen (secondary N) is 1. The van der Waals surface area contributed by atoms with Gasteiger partial charge in [-0.25, -0.2) is 0 Å². The Morgan fingerprint density at radius 1 is 1.37 bits per heavy atom. The monoisotopic (exact) mass is 302 g/mol. The lowest BCUT2D eigenvalue weighted by atomic mass is 10.2. The Balaban J connectivity index is 2.23. The van der Waals surface area contributed by atoms with Crippen LogP contribution in [-0.2, 0) is 4.79 Å². The standard InChI is InChI=1S/C13H19ClN2O2S/c14-10-4-5-12(11(15)9-10)16-13(18)3-1-7-19-8-2-6-17/h4-5,9,17H,1-3,6-8,15H2,(H,16,18). The molecule has 4 N–H and O–H groups in total. The summed E-state index contributed by atoms with van der Waals surface area (Å²) < 4.78 is 0. The molecule has 6 heteroatoms. The maximum Gasteiger partial charge on any atom is 0.224 e. The van der Waals surface area contributed by atoms with Crippen LogP contribution in [0.2, 0.25) is 5.02 Å². The zero-order valence-electron chi connectivity index (χ0n) is 10.7. The smallest absolute Gasteiger partial charge is 0.224 e. The first-order valence-electron chi connectivity index (χ1n) is 6.17. The SMILES string of the molecule is Nc1cc(Cl)ccc1NC(=O)CCCSCCCO. The minimum atomic E-state index is -0.0446. The molecule has 4 nitrogen and oxygen atoms in total. The maximum atomic E-state index is 11.7. The van der Waals surface area contributed by atoms with E-state index < -0.39 is 0 Å². The quantitative estimate of drug-likeness (QED) is 0.510. The highest BCUT2D eigenvalue weighted by Crippen LogP contribution is 2.22. The van der Waals surface area contributed by atoms with Gasteiger partial charge >= 0.3 is 0 Å². The molecular weight excluding hydrogens is 284 g/mol. The van der Waals surface area contributed by atoms with Crippen LogP contribution in [0.1, 0.15) is 19.3 Å². The van der Waals surface area contributed by atoms with Crippen LogP contribution in [0.5, 0.6) is 0 Å². The van der Waals surface area contributed by atoms with Crippen LogP contribution < -0.4 is 11.1 Å². The molecule has 106 valence electrons. The summed E-state index contributed by atoms with van der Waals surface area (Å²) in [6.07, 6.45) is 2.09. The fraction of sp³-hybridized carbons (Fsp3) is 0.462. The van der Waals surface area contributed by atoms with Gasteiger partial charge in [-0.1, -0.05) is 11.6 Å². The van der Waals surface area contributed by atoms with Gasteiger partial charge in [0.2, 0.25) is 5.91 Å². The molecule has 1 aromatic carbocycles. The average Bonchev–Trinajstić information content (AvgIpc) is 2.37. The molecule has 0 saturated heterocycles. The summed E-state index contributed by atoms with van der Waals surface area (Å²) in [5.74, 6) is 1.81. The third-order valence-corrected chi connectivity index (χ3v) is 3.82. The molecule has 1 amide bonds. The average molecular weight is 303 g/mol. The van der Waals surface area contributed by atoms with Crippen LogP contribution in [0.4, 0.5) is 11.4 Å². The van der Waals surface area contributed by atoms with Crippen LogP contribution in [0.3, 0.4) is 0 Å². The molecule has 0 spiro atoms. The number of nitrogens with two attached hydrogens (primary N) is 1. The van der Waals surface area contributed by atoms with E-state index in [-0.39, 0.29) is 12.5 Å². The van der Waals surface area contributed by atoms with Gasteiger partial charge in [0, 0.05) is 18.1 Å². The number of nitrogen functional groups attached to an aromatic ring is 1. The van der Waals surface area contributed by atoms with Crippen LogP contribution in [-0.4, -0.2) is 29.1 Å². The Labute approximate surface area is 122 Å². The van der Waals surface area contributed by atoms with E-state index in [0.717, 1.165) is 24.3 Å². The Morgan fingerprint density at radius 3 is 2.79 bits per heavy atom. The van der Waals surface area contributed by atoms with Crippen LogP contribution in [0.15, 0.2) is 18.2 Å². The zero-order chi connectivity index (χ0) is 14.1. The number of thioether (sulfide) groups is 1. The first-order chi connectivity index (χ1) is 9.13. The van der Waals surface area contributed by atoms with E-state index in [2.05, 4.69) is 5.32 Å². The molecule has 1 rings (SSSR count). The number of amides is 1. The molecule has 0 fully saturated rings. The van der Waals surface area contributed by atoms with Crippen LogP contribution in [0, 0.1) is 0 Å². The van der Waals surface area contributed by atoms with E-state index in [9.17, 15) is 4.79 Å². The lowest BCUT2D eigenvalue weighted by Gasteiger charge is -2.08. The minimum absolute atomic E-state index is 0.0446. The molecule has 0 aromatic heterocycles. The summed E-state index contributed by atoms with van der Waals surface area (Å²) in [4.78, 5) is 11.7. The molecule has 0 aliphatic carbocycles. The van der Waals surface area contributed by atoms with Crippen LogP contribution >= 0.6 is 23.4 Å². The van der Waals surface area contributed by atoms with Crippen molar-refractivity contribution in [2.75, 3.05) is 29.2 Å². The van der Waals surface area contributed by atoms with Crippen LogP contribution in [0.25, 0.3) is 0 Å². The molecular formula is C13H19ClN2O2S. The summed E-state index contributed by atoms with van der Waals surface area (Å²) in [6.45, 7) is 0.226. The van der Waals surface area contributed by atoms with Gasteiger partial charge in [-0.05, 0) is 42.5 Å². The van der Waals surface area contributed by atoms with Crippen molar-refractivity contribution in [1.29, 1.82) is 0 Å². The Hall–Kier alpha value is -0.910. The summed E-state index contributed by atoms with van der Waals surface area (Å²) >= 11 is 7.53. The van der Waals surface area contributed by atoms with Crippen molar-refractivity contribution in [2.45, 2.75) is 19.3 Å². The minimum Gasteiger partial charge on any atom is -0.397 e. The van der Waals surface area contributed by atoms with E-state index in [1.54, 1.807) is 30.0 Å². The number of carbonyl (C=O) groups excluding carboxylic acids is 1.